The lowest BCUT2D eigenvalue weighted by Gasteiger charge is -2.15. The minimum Gasteiger partial charge on any atom is -0.351 e. The van der Waals surface area contributed by atoms with Crippen molar-refractivity contribution in [1.82, 2.24) is 0 Å². The van der Waals surface area contributed by atoms with Gasteiger partial charge in [0.1, 0.15) is 5.70 Å². The Kier molecular flexibility index (Phi) is 5.26. The molecule has 0 fully saturated rings. The number of hydrogen-bond acceptors (Lipinski definition) is 2. The average Bonchev–Trinajstić information content (AvgIpc) is 2.36. The third-order valence-corrected chi connectivity index (χ3v) is 2.72. The van der Waals surface area contributed by atoms with Gasteiger partial charge in [0.05, 0.1) is 0 Å². The van der Waals surface area contributed by atoms with Crippen LogP contribution in [0.5, 0.6) is 0 Å². The van der Waals surface area contributed by atoms with Crippen LogP contribution in [0, 0.1) is 0 Å². The van der Waals surface area contributed by atoms with Gasteiger partial charge in [-0.25, -0.2) is 0 Å². The molecule has 1 aromatic carbocycles. The van der Waals surface area contributed by atoms with Crippen molar-refractivity contribution in [1.29, 1.82) is 0 Å². The molecule has 0 amide bonds. The van der Waals surface area contributed by atoms with E-state index in [2.05, 4.69) is 0 Å². The molecule has 0 atom stereocenters. The Hall–Kier alpha value is -1.99. The summed E-state index contributed by atoms with van der Waals surface area (Å²) in [6.07, 6.45) is -11.0. The summed E-state index contributed by atoms with van der Waals surface area (Å²) in [5.41, 5.74) is -0.982. The molecule has 0 aliphatic heterocycles. The molecular formula is C14H13F6NO. The molecule has 0 heterocycles. The number of nitrogens with one attached hydrogen (secondary N) is 1. The number of hydrogen-bond donors (Lipinski definition) is 1. The first-order valence-electron chi connectivity index (χ1n) is 6.18. The number of carbonyl (C=O) groups excluding carboxylic acids is 1. The molecule has 0 unspecified atom stereocenters. The van der Waals surface area contributed by atoms with Gasteiger partial charge in [-0.05, 0) is 23.6 Å². The van der Waals surface area contributed by atoms with E-state index in [1.54, 1.807) is 17.4 Å². The molecule has 2 nitrogen and oxygen atoms in total. The monoisotopic (exact) mass is 325 g/mol. The van der Waals surface area contributed by atoms with Gasteiger partial charge in [-0.3, -0.25) is 4.79 Å². The molecule has 0 radical (unpaired) electrons. The van der Waals surface area contributed by atoms with Gasteiger partial charge in [0.15, 0.2) is 0 Å². The predicted octanol–water partition coefficient (Wildman–Crippen LogP) is 4.80. The predicted molar refractivity (Wildman–Crippen MR) is 69.4 cm³/mol. The maximum Gasteiger partial charge on any atom is 0.454 e. The van der Waals surface area contributed by atoms with Crippen LogP contribution in [0.1, 0.15) is 25.3 Å². The quantitative estimate of drug-likeness (QED) is 0.636. The van der Waals surface area contributed by atoms with Crippen molar-refractivity contribution in [3.05, 3.63) is 41.6 Å². The van der Waals surface area contributed by atoms with E-state index >= 15 is 0 Å². The van der Waals surface area contributed by atoms with Crippen LogP contribution in [-0.4, -0.2) is 18.1 Å². The number of anilines is 1. The lowest BCUT2D eigenvalue weighted by molar-refractivity contribution is -0.165. The lowest BCUT2D eigenvalue weighted by Crippen LogP contribution is -2.26. The van der Waals surface area contributed by atoms with Crippen molar-refractivity contribution in [3.63, 3.8) is 0 Å². The summed E-state index contributed by atoms with van der Waals surface area (Å²) in [6.45, 7) is 3.76. The molecule has 0 aromatic heterocycles. The molecule has 0 spiro atoms. The second kappa shape index (κ2) is 6.41. The van der Waals surface area contributed by atoms with Crippen LogP contribution in [0.15, 0.2) is 36.0 Å². The molecular weight excluding hydrogens is 312 g/mol. The Morgan fingerprint density at radius 2 is 1.50 bits per heavy atom. The van der Waals surface area contributed by atoms with Crippen LogP contribution in [-0.2, 0) is 4.79 Å². The summed E-state index contributed by atoms with van der Waals surface area (Å²) in [5, 5.41) is 1.80. The summed E-state index contributed by atoms with van der Waals surface area (Å²) in [4.78, 5) is 10.7. The maximum absolute atomic E-state index is 12.7. The molecule has 0 aliphatic carbocycles. The van der Waals surface area contributed by atoms with E-state index in [0.29, 0.717) is 0 Å². The van der Waals surface area contributed by atoms with Gasteiger partial charge in [0.2, 0.25) is 0 Å². The van der Waals surface area contributed by atoms with E-state index in [1.165, 1.54) is 12.1 Å². The first-order chi connectivity index (χ1) is 9.91. The fourth-order valence-electron chi connectivity index (χ4n) is 1.51. The molecule has 122 valence electrons. The summed E-state index contributed by atoms with van der Waals surface area (Å²) < 4.78 is 74.4. The Morgan fingerprint density at radius 1 is 1.00 bits per heavy atom. The first-order valence-corrected chi connectivity index (χ1v) is 6.18. The van der Waals surface area contributed by atoms with Gasteiger partial charge in [0.25, 0.3) is 5.78 Å². The topological polar surface area (TPSA) is 29.1 Å². The Morgan fingerprint density at radius 3 is 1.86 bits per heavy atom. The molecule has 0 saturated heterocycles. The minimum atomic E-state index is -5.36. The zero-order valence-corrected chi connectivity index (χ0v) is 11.6. The van der Waals surface area contributed by atoms with E-state index < -0.39 is 29.9 Å². The second-order valence-corrected chi connectivity index (χ2v) is 4.82. The van der Waals surface area contributed by atoms with E-state index in [-0.39, 0.29) is 11.6 Å². The molecule has 8 heteroatoms. The fraction of sp³-hybridized carbons (Fsp3) is 0.357. The van der Waals surface area contributed by atoms with Crippen molar-refractivity contribution in [2.24, 2.45) is 0 Å². The number of ketones is 1. The molecule has 1 aromatic rings. The van der Waals surface area contributed by atoms with Gasteiger partial charge >= 0.3 is 12.4 Å². The summed E-state index contributed by atoms with van der Waals surface area (Å²) in [7, 11) is 0. The van der Waals surface area contributed by atoms with Crippen LogP contribution in [0.2, 0.25) is 0 Å². The SMILES string of the molecule is CC(C)c1ccc(N/C(=C/C(=O)C(F)(F)F)C(F)(F)F)cc1. The summed E-state index contributed by atoms with van der Waals surface area (Å²) in [6, 6.07) is 5.69. The molecule has 1 N–H and O–H groups in total. The van der Waals surface area contributed by atoms with Crippen molar-refractivity contribution in [3.8, 4) is 0 Å². The van der Waals surface area contributed by atoms with E-state index in [9.17, 15) is 31.1 Å². The Bertz CT molecular complexity index is 554. The van der Waals surface area contributed by atoms with Gasteiger partial charge in [0, 0.05) is 11.8 Å². The maximum atomic E-state index is 12.7. The third kappa shape index (κ3) is 5.09. The van der Waals surface area contributed by atoms with Crippen LogP contribution in [0.25, 0.3) is 0 Å². The Labute approximate surface area is 122 Å². The fourth-order valence-corrected chi connectivity index (χ4v) is 1.51. The van der Waals surface area contributed by atoms with Gasteiger partial charge < -0.3 is 5.32 Å². The highest BCUT2D eigenvalue weighted by atomic mass is 19.4. The molecule has 1 rings (SSSR count). The molecule has 0 bridgehead atoms. The zero-order chi connectivity index (χ0) is 17.1. The number of halogens is 6. The number of rotatable bonds is 4. The van der Waals surface area contributed by atoms with Crippen molar-refractivity contribution < 1.29 is 31.1 Å². The van der Waals surface area contributed by atoms with Crippen molar-refractivity contribution in [2.45, 2.75) is 32.1 Å². The van der Waals surface area contributed by atoms with E-state index in [0.717, 1.165) is 5.56 Å². The standard InChI is InChI=1S/C14H13F6NO/c1-8(2)9-3-5-10(6-4-9)21-11(13(15,16)17)7-12(22)14(18,19)20/h3-8,21H,1-2H3/b11-7+. The van der Waals surface area contributed by atoms with E-state index in [1.807, 2.05) is 13.8 Å². The van der Waals surface area contributed by atoms with Crippen LogP contribution in [0.3, 0.4) is 0 Å². The number of carbonyl (C=O) groups is 1. The highest BCUT2D eigenvalue weighted by molar-refractivity contribution is 5.95. The summed E-state index contributed by atoms with van der Waals surface area (Å²) in [5.74, 6) is -2.43. The Balaban J connectivity index is 3.05. The van der Waals surface area contributed by atoms with Crippen molar-refractivity contribution >= 4 is 11.5 Å². The highest BCUT2D eigenvalue weighted by Crippen LogP contribution is 2.29. The molecule has 0 saturated carbocycles. The largest absolute Gasteiger partial charge is 0.454 e. The first kappa shape index (κ1) is 18.1. The normalized spacial score (nSPS) is 13.4. The number of allylic oxidation sites excluding steroid dienone is 2. The molecule has 0 aliphatic rings. The smallest absolute Gasteiger partial charge is 0.351 e. The zero-order valence-electron chi connectivity index (χ0n) is 11.6. The van der Waals surface area contributed by atoms with E-state index in [4.69, 9.17) is 0 Å². The van der Waals surface area contributed by atoms with Crippen LogP contribution < -0.4 is 5.32 Å². The van der Waals surface area contributed by atoms with Crippen LogP contribution >= 0.6 is 0 Å². The van der Waals surface area contributed by atoms with Gasteiger partial charge in [-0.2, -0.15) is 26.3 Å². The van der Waals surface area contributed by atoms with Crippen LogP contribution in [0.4, 0.5) is 32.0 Å². The third-order valence-electron chi connectivity index (χ3n) is 2.72. The minimum absolute atomic E-state index is 0.0667. The highest BCUT2D eigenvalue weighted by Gasteiger charge is 2.41. The lowest BCUT2D eigenvalue weighted by atomic mass is 10.0. The second-order valence-electron chi connectivity index (χ2n) is 4.82. The number of alkyl halides is 6. The number of benzene rings is 1. The molecule has 22 heavy (non-hydrogen) atoms. The summed E-state index contributed by atoms with van der Waals surface area (Å²) >= 11 is 0. The van der Waals surface area contributed by atoms with Gasteiger partial charge in [-0.15, -0.1) is 0 Å². The van der Waals surface area contributed by atoms with Gasteiger partial charge in [-0.1, -0.05) is 26.0 Å². The average molecular weight is 325 g/mol. The van der Waals surface area contributed by atoms with Crippen molar-refractivity contribution in [2.75, 3.05) is 5.32 Å².